The molecule has 0 spiro atoms. The Labute approximate surface area is 460 Å². The number of ether oxygens (including phenoxy) is 13. The Kier molecular flexibility index (Phi) is 22.0. The maximum atomic E-state index is 12.8. The van der Waals surface area contributed by atoms with Gasteiger partial charge in [0.1, 0.15) is 55.4 Å². The molecule has 6 unspecified atom stereocenters. The largest absolute Gasteiger partial charge is 0.463 e. The molecule has 5 aromatic carbocycles. The molecule has 0 saturated carbocycles. The van der Waals surface area contributed by atoms with Crippen molar-refractivity contribution in [1.82, 2.24) is 0 Å². The van der Waals surface area contributed by atoms with Gasteiger partial charge < -0.3 is 61.6 Å². The molecular weight excluding hydrogens is 1020 g/mol. The summed E-state index contributed by atoms with van der Waals surface area (Å²) in [4.78, 5) is 54.0. The Morgan fingerprint density at radius 1 is 0.430 bits per heavy atom. The highest BCUT2D eigenvalue weighted by atomic mass is 16.8. The van der Waals surface area contributed by atoms with E-state index in [2.05, 4.69) is 4.99 Å². The van der Waals surface area contributed by atoms with Gasteiger partial charge >= 0.3 is 17.9 Å². The van der Waals surface area contributed by atoms with E-state index in [1.807, 2.05) is 159 Å². The number of carbonyl (C=O) groups excluding carboxylic acids is 4. The van der Waals surface area contributed by atoms with Gasteiger partial charge in [-0.15, -0.1) is 0 Å². The van der Waals surface area contributed by atoms with Crippen LogP contribution in [0.2, 0.25) is 0 Å². The molecule has 0 aliphatic carbocycles. The molecule has 0 N–H and O–H groups in total. The first-order valence-corrected chi connectivity index (χ1v) is 26.5. The predicted octanol–water partition coefficient (Wildman–Crippen LogP) is 7.70. The van der Waals surface area contributed by atoms with Gasteiger partial charge in [-0.2, -0.15) is 4.99 Å². The third-order valence-electron chi connectivity index (χ3n) is 13.6. The van der Waals surface area contributed by atoms with E-state index < -0.39 is 116 Å². The molecule has 0 amide bonds. The summed E-state index contributed by atoms with van der Waals surface area (Å²) in [5.74, 6) is -2.25. The highest BCUT2D eigenvalue weighted by Gasteiger charge is 2.57. The number of rotatable bonds is 25. The Morgan fingerprint density at radius 2 is 0.835 bits per heavy atom. The topological polar surface area (TPSA) is 201 Å². The summed E-state index contributed by atoms with van der Waals surface area (Å²) in [6.07, 6.45) is -13.8. The van der Waals surface area contributed by atoms with Crippen molar-refractivity contribution in [1.29, 1.82) is 0 Å². The van der Waals surface area contributed by atoms with Crippen LogP contribution in [-0.4, -0.2) is 129 Å². The van der Waals surface area contributed by atoms with Crippen LogP contribution in [0.3, 0.4) is 0 Å². The number of hydrogen-bond donors (Lipinski definition) is 0. The number of aliphatic imine (C=N–C) groups is 1. The molecule has 3 aliphatic heterocycles. The number of isocyanates is 1. The van der Waals surface area contributed by atoms with Crippen molar-refractivity contribution in [2.75, 3.05) is 13.2 Å². The number of benzene rings is 5. The van der Waals surface area contributed by atoms with E-state index in [0.717, 1.165) is 41.7 Å². The van der Waals surface area contributed by atoms with Gasteiger partial charge in [0.2, 0.25) is 6.08 Å². The van der Waals surface area contributed by atoms with Gasteiger partial charge in [0.05, 0.1) is 51.8 Å². The third-order valence-corrected chi connectivity index (χ3v) is 13.6. The molecule has 18 heteroatoms. The van der Waals surface area contributed by atoms with E-state index in [1.54, 1.807) is 13.0 Å². The highest BCUT2D eigenvalue weighted by Crippen LogP contribution is 2.39. The monoisotopic (exact) mass is 1090 g/mol. The van der Waals surface area contributed by atoms with Gasteiger partial charge in [0.25, 0.3) is 0 Å². The van der Waals surface area contributed by atoms with Gasteiger partial charge in [-0.05, 0) is 41.7 Å². The molecule has 3 fully saturated rings. The van der Waals surface area contributed by atoms with Crippen LogP contribution in [0, 0.1) is 0 Å². The van der Waals surface area contributed by atoms with Crippen LogP contribution in [-0.2, 0) is 114 Å². The summed E-state index contributed by atoms with van der Waals surface area (Å²) in [5, 5.41) is 0. The Hall–Kier alpha value is -6.51. The first kappa shape index (κ1) is 58.6. The summed E-state index contributed by atoms with van der Waals surface area (Å²) < 4.78 is 85.8. The molecule has 3 saturated heterocycles. The second kappa shape index (κ2) is 29.6. The maximum Gasteiger partial charge on any atom is 0.303 e. The van der Waals surface area contributed by atoms with E-state index in [9.17, 15) is 19.2 Å². The average molecular weight is 1090 g/mol. The first-order valence-electron chi connectivity index (χ1n) is 26.5. The zero-order valence-corrected chi connectivity index (χ0v) is 44.9. The molecular formula is C61H69NO17. The quantitative estimate of drug-likeness (QED) is 0.0238. The molecule has 79 heavy (non-hydrogen) atoms. The van der Waals surface area contributed by atoms with Crippen LogP contribution in [0.1, 0.15) is 62.4 Å². The number of carbonyl (C=O) groups is 3. The fraction of sp³-hybridized carbons (Fsp3) is 0.443. The molecule has 18 nitrogen and oxygen atoms in total. The van der Waals surface area contributed by atoms with E-state index in [-0.39, 0.29) is 39.6 Å². The van der Waals surface area contributed by atoms with Crippen molar-refractivity contribution in [2.24, 2.45) is 4.99 Å². The summed E-state index contributed by atoms with van der Waals surface area (Å²) in [6.45, 7) is 7.53. The Morgan fingerprint density at radius 3 is 1.32 bits per heavy atom. The van der Waals surface area contributed by atoms with Gasteiger partial charge in [-0.25, -0.2) is 4.79 Å². The van der Waals surface area contributed by atoms with Gasteiger partial charge in [-0.1, -0.05) is 152 Å². The molecule has 0 aromatic heterocycles. The van der Waals surface area contributed by atoms with Crippen LogP contribution in [0.15, 0.2) is 157 Å². The molecule has 5 aromatic rings. The van der Waals surface area contributed by atoms with E-state index in [0.29, 0.717) is 0 Å². The lowest BCUT2D eigenvalue weighted by Gasteiger charge is -2.51. The van der Waals surface area contributed by atoms with Crippen molar-refractivity contribution in [3.8, 4) is 0 Å². The van der Waals surface area contributed by atoms with E-state index in [1.165, 1.54) is 6.92 Å². The molecule has 15 atom stereocenters. The predicted molar refractivity (Wildman–Crippen MR) is 283 cm³/mol. The van der Waals surface area contributed by atoms with Gasteiger partial charge in [0.15, 0.2) is 30.8 Å². The minimum atomic E-state index is -1.59. The zero-order valence-electron chi connectivity index (χ0n) is 44.9. The first-order chi connectivity index (χ1) is 38.4. The van der Waals surface area contributed by atoms with Gasteiger partial charge in [0, 0.05) is 20.8 Å². The SMILES string of the molecule is CC(=O)OCC1O[C@@H](OC2[C@H](C)OC(C)[C@H](OCc3ccccc3)[C@H]2O[C@H]2O[C@H](COCc3ccccc3)[C@@H](OCc3ccccc3)C(OCc3ccccc3)C2OCc2ccccc2)C(N=C=O)[C@@H](OC(C)=O)[C@H]1OC(C)=O. The van der Waals surface area contributed by atoms with Crippen molar-refractivity contribution in [3.63, 3.8) is 0 Å². The van der Waals surface area contributed by atoms with Gasteiger partial charge in [-0.3, -0.25) is 14.4 Å². The van der Waals surface area contributed by atoms with Crippen molar-refractivity contribution in [2.45, 2.75) is 160 Å². The van der Waals surface area contributed by atoms with E-state index in [4.69, 9.17) is 61.6 Å². The smallest absolute Gasteiger partial charge is 0.303 e. The fourth-order valence-electron chi connectivity index (χ4n) is 9.92. The number of hydrogen-bond acceptors (Lipinski definition) is 18. The lowest BCUT2D eigenvalue weighted by molar-refractivity contribution is -0.372. The highest BCUT2D eigenvalue weighted by molar-refractivity contribution is 5.68. The number of nitrogens with zero attached hydrogens (tertiary/aromatic N) is 1. The van der Waals surface area contributed by atoms with Crippen LogP contribution in [0.25, 0.3) is 0 Å². The molecule has 0 bridgehead atoms. The van der Waals surface area contributed by atoms with Crippen LogP contribution < -0.4 is 0 Å². The Bertz CT molecular complexity index is 2680. The molecule has 420 valence electrons. The summed E-state index contributed by atoms with van der Waals surface area (Å²) in [5.41, 5.74) is 4.49. The summed E-state index contributed by atoms with van der Waals surface area (Å²) in [6, 6.07) is 47.1. The van der Waals surface area contributed by atoms with Crippen molar-refractivity contribution < 1.29 is 80.8 Å². The lowest BCUT2D eigenvalue weighted by Crippen LogP contribution is -2.67. The second-order valence-electron chi connectivity index (χ2n) is 19.5. The minimum Gasteiger partial charge on any atom is -0.463 e. The average Bonchev–Trinajstić information content (AvgIpc) is 3.58. The third kappa shape index (κ3) is 16.8. The van der Waals surface area contributed by atoms with E-state index >= 15 is 0 Å². The van der Waals surface area contributed by atoms with Crippen molar-refractivity contribution in [3.05, 3.63) is 179 Å². The summed E-state index contributed by atoms with van der Waals surface area (Å²) in [7, 11) is 0. The summed E-state index contributed by atoms with van der Waals surface area (Å²) >= 11 is 0. The molecule has 3 aliphatic rings. The zero-order chi connectivity index (χ0) is 55.5. The van der Waals surface area contributed by atoms with Crippen LogP contribution >= 0.6 is 0 Å². The lowest BCUT2D eigenvalue weighted by atomic mass is 9.93. The standard InChI is InChI=1S/C61H69NO17/c1-39-52(69-32-45-23-13-7-14-24-45)58(53(40(2)73-39)78-60-51(62-38-63)56(75-43(5)66)55(74-42(4)65)50(76-60)37-68-41(3)64)79-61-59(72-35-48-29-19-10-20-30-48)57(71-34-47-27-17-9-18-28-47)54(70-33-46-25-15-8-16-26-46)49(77-61)36-67-31-44-21-11-6-12-22-44/h6-30,39-40,49-61H,31-37H2,1-5H3/t39?,40-,49+,50?,51?,52-,53?,54+,55-,56+,57?,58+,59?,60-,61+/m0/s1. The molecule has 8 rings (SSSR count). The van der Waals surface area contributed by atoms with Crippen molar-refractivity contribution >= 4 is 24.0 Å². The molecule has 3 heterocycles. The second-order valence-corrected chi connectivity index (χ2v) is 19.5. The normalized spacial score (nSPS) is 28.6. The minimum absolute atomic E-state index is 0.0330. The maximum absolute atomic E-state index is 12.8. The number of esters is 3. The fourth-order valence-corrected chi connectivity index (χ4v) is 9.92. The molecule has 0 radical (unpaired) electrons. The van der Waals surface area contributed by atoms with Crippen LogP contribution in [0.4, 0.5) is 0 Å². The Balaban J connectivity index is 1.22. The van der Waals surface area contributed by atoms with Crippen LogP contribution in [0.5, 0.6) is 0 Å².